The summed E-state index contributed by atoms with van der Waals surface area (Å²) in [5.41, 5.74) is 2.78. The lowest BCUT2D eigenvalue weighted by Gasteiger charge is -2.34. The highest BCUT2D eigenvalue weighted by Gasteiger charge is 2.23. The highest BCUT2D eigenvalue weighted by Crippen LogP contribution is 2.26. The molecular weight excluding hydrogens is 312 g/mol. The fourth-order valence-corrected chi connectivity index (χ4v) is 3.17. The summed E-state index contributed by atoms with van der Waals surface area (Å²) in [4.78, 5) is 14.4. The first-order chi connectivity index (χ1) is 11.7. The monoisotopic (exact) mass is 346 g/mol. The fraction of sp³-hybridized carbons (Fsp3) is 0.667. The van der Waals surface area contributed by atoms with E-state index in [2.05, 4.69) is 55.3 Å². The lowest BCUT2D eigenvalue weighted by atomic mass is 9.87. The Morgan fingerprint density at radius 3 is 2.24 bits per heavy atom. The van der Waals surface area contributed by atoms with Gasteiger partial charge >= 0.3 is 0 Å². The maximum atomic E-state index is 12.0. The number of piperidine rings is 1. The Balaban J connectivity index is 1.82. The average molecular weight is 347 g/mol. The molecular formula is C21H34N2O2. The van der Waals surface area contributed by atoms with Crippen LogP contribution in [0.4, 0.5) is 5.69 Å². The SMILES string of the molecule is CC(C)C(O)CC(=O)NC1CCN(c2ccc(C(C)(C)C)cc2)CC1. The van der Waals surface area contributed by atoms with Crippen LogP contribution in [0.25, 0.3) is 0 Å². The second-order valence-electron chi connectivity index (χ2n) is 8.64. The molecule has 1 saturated heterocycles. The van der Waals surface area contributed by atoms with Crippen LogP contribution < -0.4 is 10.2 Å². The van der Waals surface area contributed by atoms with Gasteiger partial charge in [-0.15, -0.1) is 0 Å². The van der Waals surface area contributed by atoms with Gasteiger partial charge in [-0.3, -0.25) is 4.79 Å². The van der Waals surface area contributed by atoms with Crippen molar-refractivity contribution >= 4 is 11.6 Å². The van der Waals surface area contributed by atoms with E-state index in [9.17, 15) is 9.90 Å². The van der Waals surface area contributed by atoms with Crippen LogP contribution in [0.5, 0.6) is 0 Å². The van der Waals surface area contributed by atoms with Crippen molar-refractivity contribution in [2.75, 3.05) is 18.0 Å². The number of carbonyl (C=O) groups excluding carboxylic acids is 1. The summed E-state index contributed by atoms with van der Waals surface area (Å²) in [6.45, 7) is 12.5. The van der Waals surface area contributed by atoms with E-state index in [-0.39, 0.29) is 29.7 Å². The minimum Gasteiger partial charge on any atom is -0.392 e. The molecule has 0 bridgehead atoms. The summed E-state index contributed by atoms with van der Waals surface area (Å²) in [7, 11) is 0. The third kappa shape index (κ3) is 5.74. The quantitative estimate of drug-likeness (QED) is 0.858. The molecule has 1 aliphatic rings. The van der Waals surface area contributed by atoms with Gasteiger partial charge in [0.1, 0.15) is 0 Å². The number of rotatable bonds is 5. The number of amides is 1. The van der Waals surface area contributed by atoms with Crippen molar-refractivity contribution in [1.29, 1.82) is 0 Å². The van der Waals surface area contributed by atoms with Crippen LogP contribution in [0.3, 0.4) is 0 Å². The number of benzene rings is 1. The van der Waals surface area contributed by atoms with Crippen LogP contribution in [-0.4, -0.2) is 36.2 Å². The fourth-order valence-electron chi connectivity index (χ4n) is 3.17. The number of nitrogens with zero attached hydrogens (tertiary/aromatic N) is 1. The van der Waals surface area contributed by atoms with Crippen molar-refractivity contribution in [3.63, 3.8) is 0 Å². The minimum absolute atomic E-state index is 0.0332. The van der Waals surface area contributed by atoms with E-state index in [1.807, 2.05) is 13.8 Å². The molecule has 2 rings (SSSR count). The molecule has 0 aliphatic carbocycles. The predicted octanol–water partition coefficient (Wildman–Crippen LogP) is 3.48. The second kappa shape index (κ2) is 8.22. The Morgan fingerprint density at radius 1 is 1.20 bits per heavy atom. The number of nitrogens with one attached hydrogen (secondary N) is 1. The van der Waals surface area contributed by atoms with Crippen LogP contribution in [0, 0.1) is 5.92 Å². The smallest absolute Gasteiger partial charge is 0.222 e. The standard InChI is InChI=1S/C21H34N2O2/c1-15(2)19(24)14-20(25)22-17-10-12-23(13-11-17)18-8-6-16(7-9-18)21(3,4)5/h6-9,15,17,19,24H,10-14H2,1-5H3,(H,22,25). The lowest BCUT2D eigenvalue weighted by molar-refractivity contribution is -0.124. The maximum Gasteiger partial charge on any atom is 0.222 e. The molecule has 2 N–H and O–H groups in total. The third-order valence-corrected chi connectivity index (χ3v) is 5.12. The van der Waals surface area contributed by atoms with Crippen LogP contribution in [0.1, 0.15) is 59.4 Å². The van der Waals surface area contributed by atoms with E-state index < -0.39 is 6.10 Å². The van der Waals surface area contributed by atoms with E-state index in [4.69, 9.17) is 0 Å². The molecule has 1 amide bonds. The number of hydrogen-bond acceptors (Lipinski definition) is 3. The van der Waals surface area contributed by atoms with Crippen molar-refractivity contribution in [2.45, 2.75) is 71.4 Å². The van der Waals surface area contributed by atoms with E-state index in [1.54, 1.807) is 0 Å². The van der Waals surface area contributed by atoms with Gasteiger partial charge in [-0.2, -0.15) is 0 Å². The Hall–Kier alpha value is -1.55. The highest BCUT2D eigenvalue weighted by molar-refractivity contribution is 5.76. The van der Waals surface area contributed by atoms with Crippen molar-refractivity contribution in [2.24, 2.45) is 5.92 Å². The molecule has 1 atom stereocenters. The normalized spacial score (nSPS) is 17.6. The molecule has 4 heteroatoms. The molecule has 1 heterocycles. The summed E-state index contributed by atoms with van der Waals surface area (Å²) in [5.74, 6) is 0.0813. The van der Waals surface area contributed by atoms with Gasteiger partial charge in [-0.25, -0.2) is 0 Å². The topological polar surface area (TPSA) is 52.6 Å². The molecule has 0 aromatic heterocycles. The Labute approximate surface area is 152 Å². The van der Waals surface area contributed by atoms with Crippen LogP contribution in [0.15, 0.2) is 24.3 Å². The highest BCUT2D eigenvalue weighted by atomic mass is 16.3. The van der Waals surface area contributed by atoms with Gasteiger partial charge in [-0.1, -0.05) is 46.8 Å². The van der Waals surface area contributed by atoms with Gasteiger partial charge in [0.15, 0.2) is 0 Å². The number of hydrogen-bond donors (Lipinski definition) is 2. The molecule has 0 spiro atoms. The van der Waals surface area contributed by atoms with Gasteiger partial charge in [0.25, 0.3) is 0 Å². The van der Waals surface area contributed by atoms with Gasteiger partial charge in [0.2, 0.25) is 5.91 Å². The van der Waals surface area contributed by atoms with E-state index in [0.29, 0.717) is 0 Å². The second-order valence-corrected chi connectivity index (χ2v) is 8.64. The molecule has 1 unspecified atom stereocenters. The summed E-state index contributed by atoms with van der Waals surface area (Å²) in [6, 6.07) is 9.07. The molecule has 0 saturated carbocycles. The maximum absolute atomic E-state index is 12.0. The summed E-state index contributed by atoms with van der Waals surface area (Å²) in [6.07, 6.45) is 1.54. The van der Waals surface area contributed by atoms with Crippen LogP contribution in [-0.2, 0) is 10.2 Å². The zero-order chi connectivity index (χ0) is 18.6. The zero-order valence-corrected chi connectivity index (χ0v) is 16.4. The molecule has 25 heavy (non-hydrogen) atoms. The van der Waals surface area contributed by atoms with Crippen LogP contribution >= 0.6 is 0 Å². The number of aliphatic hydroxyl groups is 1. The predicted molar refractivity (Wildman–Crippen MR) is 104 cm³/mol. The number of anilines is 1. The average Bonchev–Trinajstić information content (AvgIpc) is 2.54. The Kier molecular flexibility index (Phi) is 6.50. The van der Waals surface area contributed by atoms with Gasteiger partial charge in [-0.05, 0) is 41.9 Å². The first-order valence-corrected chi connectivity index (χ1v) is 9.49. The molecule has 1 aliphatic heterocycles. The van der Waals surface area contributed by atoms with Crippen molar-refractivity contribution in [1.82, 2.24) is 5.32 Å². The minimum atomic E-state index is -0.554. The van der Waals surface area contributed by atoms with Crippen molar-refractivity contribution in [3.8, 4) is 0 Å². The Morgan fingerprint density at radius 2 is 1.76 bits per heavy atom. The van der Waals surface area contributed by atoms with Gasteiger partial charge in [0, 0.05) is 24.8 Å². The largest absolute Gasteiger partial charge is 0.392 e. The number of carbonyl (C=O) groups is 1. The van der Waals surface area contributed by atoms with E-state index >= 15 is 0 Å². The van der Waals surface area contributed by atoms with E-state index in [1.165, 1.54) is 11.3 Å². The molecule has 1 fully saturated rings. The van der Waals surface area contributed by atoms with Crippen molar-refractivity contribution < 1.29 is 9.90 Å². The van der Waals surface area contributed by atoms with Crippen LogP contribution in [0.2, 0.25) is 0 Å². The van der Waals surface area contributed by atoms with E-state index in [0.717, 1.165) is 25.9 Å². The molecule has 0 radical (unpaired) electrons. The first-order valence-electron chi connectivity index (χ1n) is 9.49. The Bertz CT molecular complexity index is 552. The van der Waals surface area contributed by atoms with Gasteiger partial charge in [0.05, 0.1) is 12.5 Å². The number of aliphatic hydroxyl groups excluding tert-OH is 1. The third-order valence-electron chi connectivity index (χ3n) is 5.12. The first kappa shape index (κ1) is 19.8. The summed E-state index contributed by atoms with van der Waals surface area (Å²) in [5, 5.41) is 12.9. The molecule has 1 aromatic carbocycles. The molecule has 140 valence electrons. The van der Waals surface area contributed by atoms with Crippen molar-refractivity contribution in [3.05, 3.63) is 29.8 Å². The molecule has 1 aromatic rings. The zero-order valence-electron chi connectivity index (χ0n) is 16.4. The summed E-state index contributed by atoms with van der Waals surface area (Å²) >= 11 is 0. The lowest BCUT2D eigenvalue weighted by Crippen LogP contribution is -2.45. The summed E-state index contributed by atoms with van der Waals surface area (Å²) < 4.78 is 0. The molecule has 4 nitrogen and oxygen atoms in total. The van der Waals surface area contributed by atoms with Gasteiger partial charge < -0.3 is 15.3 Å².